The summed E-state index contributed by atoms with van der Waals surface area (Å²) in [6.07, 6.45) is 1.38. The fourth-order valence-electron chi connectivity index (χ4n) is 2.59. The van der Waals surface area contributed by atoms with Gasteiger partial charge in [-0.2, -0.15) is 8.78 Å². The third-order valence-electron chi connectivity index (χ3n) is 3.97. The summed E-state index contributed by atoms with van der Waals surface area (Å²) in [5.41, 5.74) is 1.38. The van der Waals surface area contributed by atoms with Gasteiger partial charge < -0.3 is 15.4 Å². The second-order valence-corrected chi connectivity index (χ2v) is 6.15. The molecule has 0 unspecified atom stereocenters. The molecule has 0 fully saturated rings. The molecule has 0 aliphatic rings. The molecule has 0 atom stereocenters. The Kier molecular flexibility index (Phi) is 6.89. The van der Waals surface area contributed by atoms with Gasteiger partial charge in [0.2, 0.25) is 0 Å². The Labute approximate surface area is 172 Å². The molecule has 0 saturated heterocycles. The van der Waals surface area contributed by atoms with E-state index in [2.05, 4.69) is 15.4 Å². The van der Waals surface area contributed by atoms with Crippen LogP contribution in [0.5, 0.6) is 5.75 Å². The Hall–Kier alpha value is -4.00. The first-order valence-corrected chi connectivity index (χ1v) is 9.00. The lowest BCUT2D eigenvalue weighted by Crippen LogP contribution is -2.25. The van der Waals surface area contributed by atoms with Crippen LogP contribution in [-0.4, -0.2) is 18.4 Å². The average Bonchev–Trinajstić information content (AvgIpc) is 2.74. The van der Waals surface area contributed by atoms with Crippen molar-refractivity contribution in [3.63, 3.8) is 0 Å². The van der Waals surface area contributed by atoms with Gasteiger partial charge in [0.1, 0.15) is 11.3 Å². The first-order valence-electron chi connectivity index (χ1n) is 9.00. The lowest BCUT2D eigenvalue weighted by Gasteiger charge is -2.11. The van der Waals surface area contributed by atoms with E-state index in [9.17, 15) is 18.4 Å². The van der Waals surface area contributed by atoms with E-state index in [1.54, 1.807) is 60.7 Å². The maximum Gasteiger partial charge on any atom is 0.387 e. The molecule has 0 aliphatic heterocycles. The van der Waals surface area contributed by atoms with Gasteiger partial charge in [0.15, 0.2) is 0 Å². The predicted octanol–water partition coefficient (Wildman–Crippen LogP) is 4.95. The molecule has 0 spiro atoms. The molecule has 0 bridgehead atoms. The summed E-state index contributed by atoms with van der Waals surface area (Å²) < 4.78 is 28.9. The van der Waals surface area contributed by atoms with Crippen LogP contribution >= 0.6 is 0 Å². The maximum absolute atomic E-state index is 12.8. The summed E-state index contributed by atoms with van der Waals surface area (Å²) in [6.45, 7) is -2.93. The van der Waals surface area contributed by atoms with Gasteiger partial charge in [-0.15, -0.1) is 0 Å². The Morgan fingerprint density at radius 3 is 1.63 bits per heavy atom. The van der Waals surface area contributed by atoms with E-state index in [1.165, 1.54) is 30.3 Å². The van der Waals surface area contributed by atoms with Crippen LogP contribution in [0.4, 0.5) is 20.2 Å². The molecule has 2 amide bonds. The summed E-state index contributed by atoms with van der Waals surface area (Å²) >= 11 is 0. The van der Waals surface area contributed by atoms with Gasteiger partial charge in [-0.3, -0.25) is 9.59 Å². The normalized spacial score (nSPS) is 10.2. The van der Waals surface area contributed by atoms with E-state index in [0.29, 0.717) is 16.9 Å². The van der Waals surface area contributed by atoms with Gasteiger partial charge in [0, 0.05) is 11.4 Å². The van der Waals surface area contributed by atoms with Crippen LogP contribution < -0.4 is 15.4 Å². The van der Waals surface area contributed by atoms with Crippen molar-refractivity contribution >= 4 is 29.3 Å². The SMILES string of the molecule is O=C(Nc1ccccc1)C(=Cc1ccc(OC(F)F)cc1)C(=O)Nc1ccccc1. The summed E-state index contributed by atoms with van der Waals surface area (Å²) in [5, 5.41) is 5.35. The van der Waals surface area contributed by atoms with Gasteiger partial charge in [0.05, 0.1) is 0 Å². The summed E-state index contributed by atoms with van der Waals surface area (Å²) in [7, 11) is 0. The number of nitrogens with one attached hydrogen (secondary N) is 2. The van der Waals surface area contributed by atoms with Crippen LogP contribution in [-0.2, 0) is 9.59 Å². The zero-order chi connectivity index (χ0) is 21.3. The van der Waals surface area contributed by atoms with E-state index in [1.807, 2.05) is 0 Å². The molecular formula is C23H18F2N2O3. The second-order valence-electron chi connectivity index (χ2n) is 6.15. The molecule has 152 valence electrons. The zero-order valence-electron chi connectivity index (χ0n) is 15.7. The highest BCUT2D eigenvalue weighted by atomic mass is 19.3. The van der Waals surface area contributed by atoms with E-state index in [0.717, 1.165) is 0 Å². The van der Waals surface area contributed by atoms with Crippen molar-refractivity contribution in [2.45, 2.75) is 6.61 Å². The van der Waals surface area contributed by atoms with Crippen molar-refractivity contribution in [3.8, 4) is 5.75 Å². The van der Waals surface area contributed by atoms with E-state index < -0.39 is 18.4 Å². The van der Waals surface area contributed by atoms with Gasteiger partial charge >= 0.3 is 6.61 Å². The number of hydrogen-bond acceptors (Lipinski definition) is 3. The minimum Gasteiger partial charge on any atom is -0.435 e. The Balaban J connectivity index is 1.86. The van der Waals surface area contributed by atoms with Gasteiger partial charge in [0.25, 0.3) is 11.8 Å². The van der Waals surface area contributed by atoms with Crippen LogP contribution in [0.15, 0.2) is 90.5 Å². The fraction of sp³-hybridized carbons (Fsp3) is 0.0435. The number of rotatable bonds is 7. The highest BCUT2D eigenvalue weighted by molar-refractivity contribution is 6.28. The van der Waals surface area contributed by atoms with E-state index in [4.69, 9.17) is 0 Å². The standard InChI is InChI=1S/C23H18F2N2O3/c24-23(25)30-19-13-11-16(12-14-19)15-20(21(28)26-17-7-3-1-4-8-17)22(29)27-18-9-5-2-6-10-18/h1-15,23H,(H,26,28)(H,27,29). The molecule has 0 heterocycles. The van der Waals surface area contributed by atoms with Crippen molar-refractivity contribution in [2.24, 2.45) is 0 Å². The van der Waals surface area contributed by atoms with Crippen LogP contribution in [0, 0.1) is 0 Å². The molecule has 0 radical (unpaired) electrons. The molecule has 3 aromatic carbocycles. The first kappa shape index (κ1) is 20.7. The number of amides is 2. The quantitative estimate of drug-likeness (QED) is 0.330. The average molecular weight is 408 g/mol. The lowest BCUT2D eigenvalue weighted by atomic mass is 10.1. The predicted molar refractivity (Wildman–Crippen MR) is 111 cm³/mol. The molecular weight excluding hydrogens is 390 g/mol. The molecule has 0 aromatic heterocycles. The molecule has 5 nitrogen and oxygen atoms in total. The van der Waals surface area contributed by atoms with Gasteiger partial charge in [-0.1, -0.05) is 48.5 Å². The van der Waals surface area contributed by atoms with E-state index >= 15 is 0 Å². The van der Waals surface area contributed by atoms with Crippen molar-refractivity contribution in [3.05, 3.63) is 96.1 Å². The number of alkyl halides is 2. The molecule has 3 rings (SSSR count). The fourth-order valence-corrected chi connectivity index (χ4v) is 2.59. The number of hydrogen-bond donors (Lipinski definition) is 2. The number of carbonyl (C=O) groups excluding carboxylic acids is 2. The molecule has 3 aromatic rings. The third kappa shape index (κ3) is 6.00. The number of para-hydroxylation sites is 2. The molecule has 2 N–H and O–H groups in total. The highest BCUT2D eigenvalue weighted by Gasteiger charge is 2.19. The van der Waals surface area contributed by atoms with Crippen LogP contribution in [0.1, 0.15) is 5.56 Å². The number of carbonyl (C=O) groups is 2. The Morgan fingerprint density at radius 2 is 1.20 bits per heavy atom. The number of benzene rings is 3. The molecule has 0 aliphatic carbocycles. The summed E-state index contributed by atoms with van der Waals surface area (Å²) in [6, 6.07) is 23.0. The molecule has 0 saturated carbocycles. The number of anilines is 2. The zero-order valence-corrected chi connectivity index (χ0v) is 15.7. The van der Waals surface area contributed by atoms with Gasteiger partial charge in [-0.05, 0) is 48.0 Å². The molecule has 30 heavy (non-hydrogen) atoms. The Bertz CT molecular complexity index is 966. The minimum absolute atomic E-state index is 0.0221. The highest BCUT2D eigenvalue weighted by Crippen LogP contribution is 2.18. The largest absolute Gasteiger partial charge is 0.435 e. The van der Waals surface area contributed by atoms with Crippen LogP contribution in [0.2, 0.25) is 0 Å². The smallest absolute Gasteiger partial charge is 0.387 e. The molecule has 7 heteroatoms. The Morgan fingerprint density at radius 1 is 0.733 bits per heavy atom. The van der Waals surface area contributed by atoms with Crippen LogP contribution in [0.3, 0.4) is 0 Å². The van der Waals surface area contributed by atoms with Crippen molar-refractivity contribution in [2.75, 3.05) is 10.6 Å². The number of ether oxygens (including phenoxy) is 1. The van der Waals surface area contributed by atoms with Crippen LogP contribution in [0.25, 0.3) is 6.08 Å². The number of halogens is 2. The second kappa shape index (κ2) is 9.97. The maximum atomic E-state index is 12.8. The first-order chi connectivity index (χ1) is 14.5. The van der Waals surface area contributed by atoms with Crippen molar-refractivity contribution < 1.29 is 23.1 Å². The summed E-state index contributed by atoms with van der Waals surface area (Å²) in [4.78, 5) is 25.6. The summed E-state index contributed by atoms with van der Waals surface area (Å²) in [5.74, 6) is -1.24. The van der Waals surface area contributed by atoms with E-state index in [-0.39, 0.29) is 11.3 Å². The third-order valence-corrected chi connectivity index (χ3v) is 3.97. The topological polar surface area (TPSA) is 67.4 Å². The lowest BCUT2D eigenvalue weighted by molar-refractivity contribution is -0.118. The van der Waals surface area contributed by atoms with Gasteiger partial charge in [-0.25, -0.2) is 0 Å². The van der Waals surface area contributed by atoms with Crippen molar-refractivity contribution in [1.29, 1.82) is 0 Å². The minimum atomic E-state index is -2.93. The van der Waals surface area contributed by atoms with Crippen molar-refractivity contribution in [1.82, 2.24) is 0 Å². The monoisotopic (exact) mass is 408 g/mol.